The second kappa shape index (κ2) is 12.4. The first-order chi connectivity index (χ1) is 16.4. The van der Waals surface area contributed by atoms with Gasteiger partial charge < -0.3 is 14.3 Å². The molecule has 0 fully saturated rings. The van der Waals surface area contributed by atoms with E-state index in [1.807, 2.05) is 42.5 Å². The van der Waals surface area contributed by atoms with Crippen molar-refractivity contribution in [3.63, 3.8) is 0 Å². The second-order valence-electron chi connectivity index (χ2n) is 8.79. The molecule has 1 heterocycles. The molecular weight excluding hydrogens is 460 g/mol. The average molecular weight is 497 g/mol. The van der Waals surface area contributed by atoms with Crippen LogP contribution in [0.5, 0.6) is 0 Å². The first-order valence-corrected chi connectivity index (χ1v) is 15.6. The standard InChI is InChI=1S/C28H36O4SSi/c1-5-34(6-2,7-3)32-26-20-25(29)23(18-16-21-12-9-8-10-13-21)24(26)15-11-14-22-17-19-27(33-22)28(30)31-4/h8-10,12-13,17,19,23,25,29H,5-7,11,14-15,20H2,1-4H3/t23-,25-/m1/s1. The lowest BCUT2D eigenvalue weighted by atomic mass is 9.95. The Morgan fingerprint density at radius 1 is 1.09 bits per heavy atom. The van der Waals surface area contributed by atoms with Crippen LogP contribution in [0.25, 0.3) is 0 Å². The van der Waals surface area contributed by atoms with Gasteiger partial charge in [-0.1, -0.05) is 50.8 Å². The maximum atomic E-state index is 11.8. The van der Waals surface area contributed by atoms with Gasteiger partial charge in [-0.2, -0.15) is 0 Å². The molecule has 0 radical (unpaired) electrons. The number of thiophene rings is 1. The molecule has 1 aliphatic carbocycles. The predicted octanol–water partition coefficient (Wildman–Crippen LogP) is 6.57. The zero-order chi connectivity index (χ0) is 24.6. The van der Waals surface area contributed by atoms with Crippen LogP contribution in [0.3, 0.4) is 0 Å². The molecule has 0 spiro atoms. The van der Waals surface area contributed by atoms with Crippen LogP contribution in [0.4, 0.5) is 0 Å². The Kier molecular flexibility index (Phi) is 9.58. The number of hydrogen-bond donors (Lipinski definition) is 1. The smallest absolute Gasteiger partial charge is 0.348 e. The number of aliphatic hydroxyl groups is 1. The van der Waals surface area contributed by atoms with Crippen LogP contribution in [-0.2, 0) is 15.6 Å². The molecular formula is C28H36O4SSi. The van der Waals surface area contributed by atoms with Gasteiger partial charge in [0, 0.05) is 16.9 Å². The summed E-state index contributed by atoms with van der Waals surface area (Å²) in [5, 5.41) is 11.0. The molecule has 0 bridgehead atoms. The van der Waals surface area contributed by atoms with E-state index in [1.165, 1.54) is 18.4 Å². The summed E-state index contributed by atoms with van der Waals surface area (Å²) in [5.74, 6) is 7.12. The van der Waals surface area contributed by atoms with E-state index >= 15 is 0 Å². The molecule has 0 saturated heterocycles. The highest BCUT2D eigenvalue weighted by Crippen LogP contribution is 2.39. The molecule has 2 atom stereocenters. The number of aliphatic hydroxyl groups excluding tert-OH is 1. The Hall–Kier alpha value is -2.33. The molecule has 1 N–H and O–H groups in total. The number of aryl methyl sites for hydroxylation is 1. The van der Waals surface area contributed by atoms with E-state index in [0.29, 0.717) is 11.3 Å². The lowest BCUT2D eigenvalue weighted by Crippen LogP contribution is -2.35. The van der Waals surface area contributed by atoms with Gasteiger partial charge in [-0.15, -0.1) is 11.3 Å². The molecule has 2 aromatic rings. The van der Waals surface area contributed by atoms with Crippen molar-refractivity contribution >= 4 is 25.6 Å². The normalized spacial score (nSPS) is 17.9. The van der Waals surface area contributed by atoms with Gasteiger partial charge in [-0.3, -0.25) is 0 Å². The SMILES string of the molecule is CC[Si](CC)(CC)OC1=C(CCCc2ccc(C(=O)OC)s2)[C@@H](C#Cc2ccccc2)[C@H](O)C1. The summed E-state index contributed by atoms with van der Waals surface area (Å²) in [7, 11) is -0.447. The van der Waals surface area contributed by atoms with Crippen molar-refractivity contribution < 1.29 is 19.1 Å². The first-order valence-electron chi connectivity index (χ1n) is 12.3. The molecule has 4 nitrogen and oxygen atoms in total. The van der Waals surface area contributed by atoms with Gasteiger partial charge in [0.25, 0.3) is 0 Å². The fourth-order valence-corrected chi connectivity index (χ4v) is 8.15. The molecule has 6 heteroatoms. The number of benzene rings is 1. The summed E-state index contributed by atoms with van der Waals surface area (Å²) in [6.07, 6.45) is 2.62. The van der Waals surface area contributed by atoms with E-state index < -0.39 is 14.4 Å². The molecule has 0 amide bonds. The Bertz CT molecular complexity index is 1030. The lowest BCUT2D eigenvalue weighted by Gasteiger charge is -2.30. The molecule has 34 heavy (non-hydrogen) atoms. The van der Waals surface area contributed by atoms with E-state index in [-0.39, 0.29) is 11.9 Å². The number of carbonyl (C=O) groups excluding carboxylic acids is 1. The predicted molar refractivity (Wildman–Crippen MR) is 141 cm³/mol. The van der Waals surface area contributed by atoms with Gasteiger partial charge in [0.1, 0.15) is 4.88 Å². The van der Waals surface area contributed by atoms with Crippen LogP contribution in [-0.4, -0.2) is 32.6 Å². The highest BCUT2D eigenvalue weighted by molar-refractivity contribution is 7.13. The van der Waals surface area contributed by atoms with Crippen LogP contribution in [0, 0.1) is 17.8 Å². The molecule has 1 aliphatic rings. The quantitative estimate of drug-likeness (QED) is 0.230. The molecule has 182 valence electrons. The number of hydrogen-bond acceptors (Lipinski definition) is 5. The van der Waals surface area contributed by atoms with E-state index in [4.69, 9.17) is 9.16 Å². The Labute approximate surface area is 209 Å². The monoisotopic (exact) mass is 496 g/mol. The molecule has 0 saturated carbocycles. The van der Waals surface area contributed by atoms with Crippen LogP contribution in [0.2, 0.25) is 18.1 Å². The van der Waals surface area contributed by atoms with Crippen molar-refractivity contribution in [1.82, 2.24) is 0 Å². The number of carbonyl (C=O) groups is 1. The Morgan fingerprint density at radius 3 is 2.44 bits per heavy atom. The van der Waals surface area contributed by atoms with Crippen LogP contribution in [0.1, 0.15) is 60.1 Å². The summed E-state index contributed by atoms with van der Waals surface area (Å²) in [6, 6.07) is 17.0. The first kappa shape index (κ1) is 26.3. The fraction of sp³-hybridized carbons (Fsp3) is 0.464. The summed E-state index contributed by atoms with van der Waals surface area (Å²) in [5.41, 5.74) is 2.12. The van der Waals surface area contributed by atoms with Gasteiger partial charge in [-0.25, -0.2) is 4.79 Å². The maximum absolute atomic E-state index is 11.8. The molecule has 0 unspecified atom stereocenters. The number of esters is 1. The third-order valence-corrected chi connectivity index (χ3v) is 12.5. The molecule has 3 rings (SSSR count). The largest absolute Gasteiger partial charge is 0.546 e. The summed E-state index contributed by atoms with van der Waals surface area (Å²) < 4.78 is 11.6. The molecule has 1 aromatic heterocycles. The lowest BCUT2D eigenvalue weighted by molar-refractivity contribution is 0.0606. The minimum Gasteiger partial charge on any atom is -0.546 e. The highest BCUT2D eigenvalue weighted by Gasteiger charge is 2.38. The van der Waals surface area contributed by atoms with Crippen molar-refractivity contribution in [3.05, 3.63) is 69.1 Å². The third kappa shape index (κ3) is 6.41. The molecule has 0 aliphatic heterocycles. The van der Waals surface area contributed by atoms with Crippen LogP contribution in [0.15, 0.2) is 53.8 Å². The molecule has 1 aromatic carbocycles. The van der Waals surface area contributed by atoms with Crippen molar-refractivity contribution in [1.29, 1.82) is 0 Å². The number of methoxy groups -OCH3 is 1. The number of rotatable bonds is 10. The third-order valence-electron chi connectivity index (χ3n) is 6.85. The van der Waals surface area contributed by atoms with Crippen molar-refractivity contribution in [3.8, 4) is 11.8 Å². The minimum atomic E-state index is -1.85. The zero-order valence-electron chi connectivity index (χ0n) is 20.7. The number of ether oxygens (including phenoxy) is 1. The second-order valence-corrected chi connectivity index (χ2v) is 14.6. The fourth-order valence-electron chi connectivity index (χ4n) is 4.52. The van der Waals surface area contributed by atoms with E-state index in [2.05, 4.69) is 32.6 Å². The minimum absolute atomic E-state index is 0.207. The topological polar surface area (TPSA) is 55.8 Å². The van der Waals surface area contributed by atoms with Gasteiger partial charge in [0.2, 0.25) is 8.32 Å². The van der Waals surface area contributed by atoms with Crippen molar-refractivity contribution in [2.24, 2.45) is 5.92 Å². The highest BCUT2D eigenvalue weighted by atomic mass is 32.1. The van der Waals surface area contributed by atoms with Crippen molar-refractivity contribution in [2.75, 3.05) is 7.11 Å². The summed E-state index contributed by atoms with van der Waals surface area (Å²) in [4.78, 5) is 13.6. The Morgan fingerprint density at radius 2 is 1.79 bits per heavy atom. The van der Waals surface area contributed by atoms with Crippen LogP contribution < -0.4 is 0 Å². The van der Waals surface area contributed by atoms with Gasteiger partial charge in [-0.05, 0) is 67.2 Å². The van der Waals surface area contributed by atoms with E-state index in [9.17, 15) is 9.90 Å². The Balaban J connectivity index is 1.82. The van der Waals surface area contributed by atoms with Crippen molar-refractivity contribution in [2.45, 2.75) is 70.7 Å². The van der Waals surface area contributed by atoms with Crippen LogP contribution >= 0.6 is 11.3 Å². The van der Waals surface area contributed by atoms with Gasteiger partial charge in [0.05, 0.1) is 24.9 Å². The van der Waals surface area contributed by atoms with E-state index in [0.717, 1.165) is 59.2 Å². The average Bonchev–Trinajstić information content (AvgIpc) is 3.45. The summed E-state index contributed by atoms with van der Waals surface area (Å²) >= 11 is 1.49. The van der Waals surface area contributed by atoms with Gasteiger partial charge >= 0.3 is 5.97 Å². The maximum Gasteiger partial charge on any atom is 0.348 e. The summed E-state index contributed by atoms with van der Waals surface area (Å²) in [6.45, 7) is 6.69. The zero-order valence-corrected chi connectivity index (χ0v) is 22.5. The van der Waals surface area contributed by atoms with E-state index in [1.54, 1.807) is 0 Å². The van der Waals surface area contributed by atoms with Gasteiger partial charge in [0.15, 0.2) is 0 Å².